The molecule has 1 atom stereocenters. The predicted octanol–water partition coefficient (Wildman–Crippen LogP) is 14.5. The van der Waals surface area contributed by atoms with E-state index in [0.29, 0.717) is 41.6 Å². The van der Waals surface area contributed by atoms with E-state index in [0.717, 1.165) is 52.9 Å². The van der Waals surface area contributed by atoms with Crippen molar-refractivity contribution in [1.82, 2.24) is 0 Å². The van der Waals surface area contributed by atoms with E-state index in [-0.39, 0.29) is 5.60 Å². The van der Waals surface area contributed by atoms with Crippen LogP contribution in [0.3, 0.4) is 0 Å². The Kier molecular flexibility index (Phi) is 38.9. The summed E-state index contributed by atoms with van der Waals surface area (Å²) in [4.78, 5) is 0. The van der Waals surface area contributed by atoms with E-state index in [1.54, 1.807) is 7.11 Å². The van der Waals surface area contributed by atoms with Gasteiger partial charge in [-0.1, -0.05) is 143 Å². The molecule has 2 aromatic rings. The van der Waals surface area contributed by atoms with E-state index in [4.69, 9.17) is 28.1 Å². The summed E-state index contributed by atoms with van der Waals surface area (Å²) in [7, 11) is 0.502. The van der Waals surface area contributed by atoms with Crippen molar-refractivity contribution < 1.29 is 28.1 Å². The third-order valence-corrected chi connectivity index (χ3v) is 8.59. The van der Waals surface area contributed by atoms with Gasteiger partial charge in [-0.05, 0) is 113 Å². The van der Waals surface area contributed by atoms with Gasteiger partial charge in [-0.25, -0.2) is 0 Å². The normalized spacial score (nSPS) is 14.1. The Bertz CT molecular complexity index is 1090. The lowest BCUT2D eigenvalue weighted by atomic mass is 9.99. The van der Waals surface area contributed by atoms with E-state index in [2.05, 4.69) is 167 Å². The zero-order chi connectivity index (χ0) is 45.2. The Morgan fingerprint density at radius 3 is 1.33 bits per heavy atom. The quantitative estimate of drug-likeness (QED) is 0.157. The summed E-state index contributed by atoms with van der Waals surface area (Å²) in [5.41, 5.74) is 3.83. The van der Waals surface area contributed by atoms with Crippen LogP contribution in [0.25, 0.3) is 0 Å². The SMILES string of the molecule is CC(C)C1CCCCO1.CC(C)COC(C)(C)C.CC(C)COCc1ccccc1.CC(C)CO[Si](C)(C)C.COCC(C)C.Cc1ccc(COCC(C)C)cc1. The molecule has 0 N–H and O–H groups in total. The van der Waals surface area contributed by atoms with Crippen molar-refractivity contribution in [2.45, 2.75) is 175 Å². The molecule has 0 aliphatic carbocycles. The lowest BCUT2D eigenvalue weighted by molar-refractivity contribution is -0.0168. The molecule has 0 radical (unpaired) electrons. The fraction of sp³-hybridized carbons (Fsp3) is 0.765. The maximum atomic E-state index is 5.63. The van der Waals surface area contributed by atoms with Gasteiger partial charge in [0, 0.05) is 46.8 Å². The van der Waals surface area contributed by atoms with Crippen molar-refractivity contribution in [3.8, 4) is 0 Å². The maximum Gasteiger partial charge on any atom is 0.183 e. The number of rotatable bonds is 16. The number of hydrogen-bond donors (Lipinski definition) is 0. The molecule has 1 unspecified atom stereocenters. The smallest absolute Gasteiger partial charge is 0.183 e. The number of hydrogen-bond acceptors (Lipinski definition) is 6. The van der Waals surface area contributed by atoms with Gasteiger partial charge in [-0.15, -0.1) is 0 Å². The van der Waals surface area contributed by atoms with Crippen LogP contribution in [0.5, 0.6) is 0 Å². The van der Waals surface area contributed by atoms with Crippen molar-refractivity contribution in [3.05, 3.63) is 71.3 Å². The summed E-state index contributed by atoms with van der Waals surface area (Å²) in [6.07, 6.45) is 4.46. The molecule has 1 heterocycles. The van der Waals surface area contributed by atoms with Crippen LogP contribution in [0, 0.1) is 42.4 Å². The fourth-order valence-corrected chi connectivity index (χ4v) is 5.37. The van der Waals surface area contributed by atoms with Crippen LogP contribution < -0.4 is 0 Å². The van der Waals surface area contributed by atoms with Crippen LogP contribution in [0.15, 0.2) is 54.6 Å². The van der Waals surface area contributed by atoms with Crippen LogP contribution in [-0.4, -0.2) is 66.8 Å². The predicted molar refractivity (Wildman–Crippen MR) is 256 cm³/mol. The van der Waals surface area contributed by atoms with E-state index in [1.165, 1.54) is 36.0 Å². The minimum atomic E-state index is -1.22. The van der Waals surface area contributed by atoms with Crippen LogP contribution in [-0.2, 0) is 41.3 Å². The van der Waals surface area contributed by atoms with Crippen LogP contribution in [0.4, 0.5) is 0 Å². The molecule has 6 nitrogen and oxygen atoms in total. The molecule has 0 amide bonds. The van der Waals surface area contributed by atoms with Gasteiger partial charge < -0.3 is 28.1 Å². The van der Waals surface area contributed by atoms with Crippen LogP contribution in [0.2, 0.25) is 19.6 Å². The molecule has 2 aromatic carbocycles. The molecule has 1 saturated heterocycles. The lowest BCUT2D eigenvalue weighted by Gasteiger charge is -2.25. The molecule has 7 heteroatoms. The summed E-state index contributed by atoms with van der Waals surface area (Å²) in [5.74, 6) is 3.94. The first kappa shape index (κ1) is 60.7. The second kappa shape index (κ2) is 37.2. The maximum absolute atomic E-state index is 5.63. The largest absolute Gasteiger partial charge is 0.417 e. The second-order valence-corrected chi connectivity index (χ2v) is 24.4. The summed E-state index contributed by atoms with van der Waals surface area (Å²) in [6.45, 7) is 47.8. The zero-order valence-electron chi connectivity index (χ0n) is 42.0. The van der Waals surface area contributed by atoms with Gasteiger partial charge in [-0.2, -0.15) is 0 Å². The molecule has 342 valence electrons. The molecule has 3 rings (SSSR count). The molecule has 0 bridgehead atoms. The Hall–Kier alpha value is -1.58. The number of aryl methyl sites for hydroxylation is 1. The van der Waals surface area contributed by atoms with Gasteiger partial charge in [0.25, 0.3) is 0 Å². The molecule has 1 aliphatic rings. The van der Waals surface area contributed by atoms with E-state index < -0.39 is 8.32 Å². The summed E-state index contributed by atoms with van der Waals surface area (Å²) in [5, 5.41) is 0. The molecular weight excluding hydrogens is 737 g/mol. The van der Waals surface area contributed by atoms with E-state index >= 15 is 0 Å². The minimum Gasteiger partial charge on any atom is -0.417 e. The lowest BCUT2D eigenvalue weighted by Crippen LogP contribution is -2.27. The second-order valence-electron chi connectivity index (χ2n) is 19.9. The monoisotopic (exact) mass is 835 g/mol. The van der Waals surface area contributed by atoms with Crippen molar-refractivity contribution in [3.63, 3.8) is 0 Å². The zero-order valence-corrected chi connectivity index (χ0v) is 43.0. The van der Waals surface area contributed by atoms with Crippen molar-refractivity contribution >= 4 is 8.32 Å². The average Bonchev–Trinajstić information content (AvgIpc) is 3.12. The van der Waals surface area contributed by atoms with Crippen LogP contribution >= 0.6 is 0 Å². The van der Waals surface area contributed by atoms with Gasteiger partial charge in [0.15, 0.2) is 8.32 Å². The average molecular weight is 835 g/mol. The van der Waals surface area contributed by atoms with Gasteiger partial charge in [0.05, 0.1) is 24.9 Å². The molecule has 58 heavy (non-hydrogen) atoms. The molecule has 0 aromatic heterocycles. The van der Waals surface area contributed by atoms with Gasteiger partial charge >= 0.3 is 0 Å². The highest BCUT2D eigenvalue weighted by Crippen LogP contribution is 2.19. The summed E-state index contributed by atoms with van der Waals surface area (Å²) in [6, 6.07) is 18.7. The van der Waals surface area contributed by atoms with Crippen molar-refractivity contribution in [2.24, 2.45) is 35.5 Å². The highest BCUT2D eigenvalue weighted by atomic mass is 28.4. The number of methoxy groups -OCH3 is 1. The third kappa shape index (κ3) is 50.6. The number of ether oxygens (including phenoxy) is 5. The highest BCUT2D eigenvalue weighted by Gasteiger charge is 2.16. The highest BCUT2D eigenvalue weighted by molar-refractivity contribution is 6.69. The third-order valence-electron chi connectivity index (χ3n) is 7.56. The molecule has 0 saturated carbocycles. The first-order valence-electron chi connectivity index (χ1n) is 22.5. The van der Waals surface area contributed by atoms with Gasteiger partial charge in [0.1, 0.15) is 0 Å². The van der Waals surface area contributed by atoms with E-state index in [9.17, 15) is 0 Å². The Balaban J connectivity index is -0.000000636. The van der Waals surface area contributed by atoms with Crippen LogP contribution in [0.1, 0.15) is 140 Å². The minimum absolute atomic E-state index is 0.0320. The Morgan fingerprint density at radius 2 is 1.05 bits per heavy atom. The fourth-order valence-electron chi connectivity index (χ4n) is 4.54. The van der Waals surface area contributed by atoms with E-state index in [1.807, 2.05) is 18.2 Å². The molecule has 0 spiro atoms. The number of benzene rings is 2. The van der Waals surface area contributed by atoms with Gasteiger partial charge in [-0.3, -0.25) is 0 Å². The van der Waals surface area contributed by atoms with Crippen molar-refractivity contribution in [1.29, 1.82) is 0 Å². The van der Waals surface area contributed by atoms with Crippen molar-refractivity contribution in [2.75, 3.05) is 46.8 Å². The first-order chi connectivity index (χ1) is 26.9. The molecule has 1 aliphatic heterocycles. The summed E-state index contributed by atoms with van der Waals surface area (Å²) < 4.78 is 32.5. The Morgan fingerprint density at radius 1 is 0.603 bits per heavy atom. The summed E-state index contributed by atoms with van der Waals surface area (Å²) >= 11 is 0. The molecule has 1 fully saturated rings. The standard InChI is InChI=1S/C12H18O.C11H16O.C8H16O.C8H18O.C7H18OSi.C5H12O/c1-10(2)8-13-9-12-6-4-11(3)5-7-12;1-10(2)8-12-9-11-6-4-3-5-7-11;1-7(2)8-5-3-4-6-9-8;1-7(2)6-9-8(3,4)5;1-7(2)6-8-9(3,4)5;1-5(2)4-6-3/h4-7,10H,8-9H2,1-3H3;3-7,10H,8-9H2,1-2H3;7-8H,3-6H2,1-2H3;2*7H,6H2,1-5H3;5H,4H2,1-3H3. The first-order valence-corrected chi connectivity index (χ1v) is 25.9. The van der Waals surface area contributed by atoms with Gasteiger partial charge in [0.2, 0.25) is 0 Å². The Labute approximate surface area is 363 Å². The topological polar surface area (TPSA) is 55.4 Å². The molecular formula is C51H98O6Si.